The van der Waals surface area contributed by atoms with Crippen molar-refractivity contribution < 1.29 is 9.59 Å². The second-order valence-electron chi connectivity index (χ2n) is 4.87. The van der Waals surface area contributed by atoms with Crippen LogP contribution in [0, 0.1) is 11.8 Å². The van der Waals surface area contributed by atoms with Crippen molar-refractivity contribution in [3.63, 3.8) is 0 Å². The van der Waals surface area contributed by atoms with Crippen LogP contribution in [0.5, 0.6) is 0 Å². The van der Waals surface area contributed by atoms with E-state index >= 15 is 0 Å². The normalized spacial score (nSPS) is 23.1. The SMILES string of the molecule is CC1CCC(=O)N(CC(=O)C(C)C)CC1. The second kappa shape index (κ2) is 5.29. The average molecular weight is 211 g/mol. The second-order valence-corrected chi connectivity index (χ2v) is 4.87. The first-order valence-corrected chi connectivity index (χ1v) is 5.81. The molecule has 86 valence electrons. The molecule has 3 heteroatoms. The van der Waals surface area contributed by atoms with Gasteiger partial charge >= 0.3 is 0 Å². The molecule has 15 heavy (non-hydrogen) atoms. The standard InChI is InChI=1S/C12H21NO2/c1-9(2)11(14)8-13-7-6-10(3)4-5-12(13)15/h9-10H,4-8H2,1-3H3. The highest BCUT2D eigenvalue weighted by atomic mass is 16.2. The maximum atomic E-state index is 11.7. The lowest BCUT2D eigenvalue weighted by Crippen LogP contribution is -2.36. The summed E-state index contributed by atoms with van der Waals surface area (Å²) in [5.41, 5.74) is 0. The molecule has 1 rings (SSSR count). The highest BCUT2D eigenvalue weighted by Crippen LogP contribution is 2.17. The molecule has 0 bridgehead atoms. The van der Waals surface area contributed by atoms with E-state index in [9.17, 15) is 9.59 Å². The summed E-state index contributed by atoms with van der Waals surface area (Å²) in [6.45, 7) is 6.99. The van der Waals surface area contributed by atoms with E-state index in [4.69, 9.17) is 0 Å². The molecule has 1 heterocycles. The first-order valence-electron chi connectivity index (χ1n) is 5.81. The molecule has 1 atom stereocenters. The predicted octanol–water partition coefficient (Wildman–Crippen LogP) is 1.86. The topological polar surface area (TPSA) is 37.4 Å². The van der Waals surface area contributed by atoms with E-state index in [1.165, 1.54) is 0 Å². The van der Waals surface area contributed by atoms with E-state index in [0.717, 1.165) is 19.4 Å². The summed E-state index contributed by atoms with van der Waals surface area (Å²) < 4.78 is 0. The molecule has 0 saturated carbocycles. The minimum Gasteiger partial charge on any atom is -0.335 e. The van der Waals surface area contributed by atoms with Crippen LogP contribution in [0.25, 0.3) is 0 Å². The summed E-state index contributed by atoms with van der Waals surface area (Å²) in [4.78, 5) is 25.0. The number of nitrogens with zero attached hydrogens (tertiary/aromatic N) is 1. The predicted molar refractivity (Wildman–Crippen MR) is 59.4 cm³/mol. The molecule has 1 aliphatic rings. The summed E-state index contributed by atoms with van der Waals surface area (Å²) >= 11 is 0. The average Bonchev–Trinajstić information content (AvgIpc) is 2.32. The van der Waals surface area contributed by atoms with Crippen molar-refractivity contribution in [3.05, 3.63) is 0 Å². The Morgan fingerprint density at radius 1 is 1.47 bits per heavy atom. The largest absolute Gasteiger partial charge is 0.335 e. The van der Waals surface area contributed by atoms with Crippen molar-refractivity contribution in [2.24, 2.45) is 11.8 Å². The van der Waals surface area contributed by atoms with Crippen LogP contribution in [0.15, 0.2) is 0 Å². The van der Waals surface area contributed by atoms with Gasteiger partial charge in [-0.1, -0.05) is 20.8 Å². The number of ketones is 1. The number of hydrogen-bond acceptors (Lipinski definition) is 2. The van der Waals surface area contributed by atoms with Crippen molar-refractivity contribution in [2.45, 2.75) is 40.0 Å². The smallest absolute Gasteiger partial charge is 0.222 e. The maximum Gasteiger partial charge on any atom is 0.222 e. The van der Waals surface area contributed by atoms with Gasteiger partial charge in [-0.3, -0.25) is 9.59 Å². The Hall–Kier alpha value is -0.860. The summed E-state index contributed by atoms with van der Waals surface area (Å²) in [5.74, 6) is 0.942. The van der Waals surface area contributed by atoms with Gasteiger partial charge in [-0.15, -0.1) is 0 Å². The number of carbonyl (C=O) groups is 2. The number of amides is 1. The van der Waals surface area contributed by atoms with E-state index in [0.29, 0.717) is 18.9 Å². The van der Waals surface area contributed by atoms with E-state index in [-0.39, 0.29) is 17.6 Å². The van der Waals surface area contributed by atoms with Crippen molar-refractivity contribution in [3.8, 4) is 0 Å². The third kappa shape index (κ3) is 3.65. The van der Waals surface area contributed by atoms with Crippen LogP contribution >= 0.6 is 0 Å². The molecule has 0 N–H and O–H groups in total. The van der Waals surface area contributed by atoms with Gasteiger partial charge in [0.25, 0.3) is 0 Å². The number of likely N-dealkylation sites (tertiary alicyclic amines) is 1. The molecule has 0 aromatic carbocycles. The Balaban J connectivity index is 2.52. The first kappa shape index (κ1) is 12.2. The van der Waals surface area contributed by atoms with Crippen molar-refractivity contribution >= 4 is 11.7 Å². The zero-order chi connectivity index (χ0) is 11.4. The highest BCUT2D eigenvalue weighted by Gasteiger charge is 2.22. The van der Waals surface area contributed by atoms with Crippen LogP contribution < -0.4 is 0 Å². The van der Waals surface area contributed by atoms with Crippen molar-refractivity contribution in [2.75, 3.05) is 13.1 Å². The van der Waals surface area contributed by atoms with Crippen LogP contribution in [0.2, 0.25) is 0 Å². The molecule has 1 saturated heterocycles. The lowest BCUT2D eigenvalue weighted by atomic mass is 10.0. The molecule has 1 aliphatic heterocycles. The van der Waals surface area contributed by atoms with E-state index < -0.39 is 0 Å². The van der Waals surface area contributed by atoms with Gasteiger partial charge in [-0.05, 0) is 18.8 Å². The maximum absolute atomic E-state index is 11.7. The number of rotatable bonds is 3. The number of carbonyl (C=O) groups excluding carboxylic acids is 2. The van der Waals surface area contributed by atoms with Crippen molar-refractivity contribution in [1.29, 1.82) is 0 Å². The summed E-state index contributed by atoms with van der Waals surface area (Å²) in [6, 6.07) is 0. The molecular weight excluding hydrogens is 190 g/mol. The molecule has 1 amide bonds. The Morgan fingerprint density at radius 2 is 2.13 bits per heavy atom. The molecule has 0 aliphatic carbocycles. The Kier molecular flexibility index (Phi) is 4.30. The molecular formula is C12H21NO2. The van der Waals surface area contributed by atoms with E-state index in [1.54, 1.807) is 4.90 Å². The van der Waals surface area contributed by atoms with Crippen LogP contribution in [0.3, 0.4) is 0 Å². The van der Waals surface area contributed by atoms with Gasteiger partial charge in [0, 0.05) is 18.9 Å². The van der Waals surface area contributed by atoms with Crippen LogP contribution in [-0.2, 0) is 9.59 Å². The van der Waals surface area contributed by atoms with E-state index in [1.807, 2.05) is 13.8 Å². The van der Waals surface area contributed by atoms with Crippen LogP contribution in [0.1, 0.15) is 40.0 Å². The third-order valence-corrected chi connectivity index (χ3v) is 3.09. The lowest BCUT2D eigenvalue weighted by Gasteiger charge is -2.20. The fourth-order valence-electron chi connectivity index (χ4n) is 1.71. The molecule has 0 aromatic rings. The van der Waals surface area contributed by atoms with Gasteiger partial charge < -0.3 is 4.90 Å². The van der Waals surface area contributed by atoms with Gasteiger partial charge in [0.05, 0.1) is 6.54 Å². The van der Waals surface area contributed by atoms with Crippen LogP contribution in [-0.4, -0.2) is 29.7 Å². The summed E-state index contributed by atoms with van der Waals surface area (Å²) in [6.07, 6.45) is 2.59. The molecule has 0 radical (unpaired) electrons. The summed E-state index contributed by atoms with van der Waals surface area (Å²) in [7, 11) is 0. The zero-order valence-corrected chi connectivity index (χ0v) is 9.95. The zero-order valence-electron chi connectivity index (χ0n) is 9.95. The van der Waals surface area contributed by atoms with Gasteiger partial charge in [-0.25, -0.2) is 0 Å². The quantitative estimate of drug-likeness (QED) is 0.714. The minimum atomic E-state index is 0.0264. The van der Waals surface area contributed by atoms with Gasteiger partial charge in [0.2, 0.25) is 5.91 Å². The number of hydrogen-bond donors (Lipinski definition) is 0. The molecule has 3 nitrogen and oxygen atoms in total. The molecule has 0 spiro atoms. The third-order valence-electron chi connectivity index (χ3n) is 3.09. The molecule has 0 aromatic heterocycles. The number of Topliss-reactive ketones (excluding diaryl/α,β-unsaturated/α-hetero) is 1. The Morgan fingerprint density at radius 3 is 2.73 bits per heavy atom. The van der Waals surface area contributed by atoms with Crippen LogP contribution in [0.4, 0.5) is 0 Å². The van der Waals surface area contributed by atoms with Gasteiger partial charge in [0.1, 0.15) is 0 Å². The molecule has 1 unspecified atom stereocenters. The molecule has 1 fully saturated rings. The lowest BCUT2D eigenvalue weighted by molar-refractivity contribution is -0.135. The summed E-state index contributed by atoms with van der Waals surface area (Å²) in [5, 5.41) is 0. The minimum absolute atomic E-state index is 0.0264. The van der Waals surface area contributed by atoms with Crippen molar-refractivity contribution in [1.82, 2.24) is 4.90 Å². The first-order chi connectivity index (χ1) is 7.00. The monoisotopic (exact) mass is 211 g/mol. The van der Waals surface area contributed by atoms with Gasteiger partial charge in [0.15, 0.2) is 5.78 Å². The Bertz CT molecular complexity index is 248. The highest BCUT2D eigenvalue weighted by molar-refractivity contribution is 5.87. The fourth-order valence-corrected chi connectivity index (χ4v) is 1.71. The Labute approximate surface area is 91.8 Å². The fraction of sp³-hybridized carbons (Fsp3) is 0.833. The van der Waals surface area contributed by atoms with Gasteiger partial charge in [-0.2, -0.15) is 0 Å². The van der Waals surface area contributed by atoms with E-state index in [2.05, 4.69) is 6.92 Å².